The molecule has 3 rings (SSSR count). The fraction of sp³-hybridized carbons (Fsp3) is 0.227. The molecule has 0 saturated carbocycles. The number of carbonyl (C=O) groups excluding carboxylic acids is 1. The third kappa shape index (κ3) is 5.57. The van der Waals surface area contributed by atoms with Gasteiger partial charge in [-0.2, -0.15) is 0 Å². The number of hydrogen-bond acceptors (Lipinski definition) is 5. The van der Waals surface area contributed by atoms with E-state index in [1.807, 2.05) is 12.1 Å². The zero-order valence-corrected chi connectivity index (χ0v) is 16.9. The van der Waals surface area contributed by atoms with Crippen molar-refractivity contribution in [1.29, 1.82) is 0 Å². The largest absolute Gasteiger partial charge is 0.385 e. The second-order valence-electron chi connectivity index (χ2n) is 6.77. The monoisotopic (exact) mass is 392 g/mol. The number of nitrogens with one attached hydrogen (secondary N) is 2. The second kappa shape index (κ2) is 9.90. The smallest absolute Gasteiger partial charge is 0.258 e. The van der Waals surface area contributed by atoms with Crippen molar-refractivity contribution in [3.8, 4) is 0 Å². The minimum atomic E-state index is -0.173. The predicted octanol–water partition coefficient (Wildman–Crippen LogP) is 5.09. The summed E-state index contributed by atoms with van der Waals surface area (Å²) in [5.41, 5.74) is 3.60. The first-order chi connectivity index (χ1) is 13.6. The van der Waals surface area contributed by atoms with Gasteiger partial charge in [0.15, 0.2) is 0 Å². The SMILES string of the molecule is CC(C)CNc1ccccc1CSc1ncccc1C(=O)Nc1ccncc1. The van der Waals surface area contributed by atoms with E-state index in [9.17, 15) is 4.79 Å². The Morgan fingerprint density at radius 3 is 2.61 bits per heavy atom. The number of nitrogens with zero attached hydrogens (tertiary/aromatic N) is 2. The Morgan fingerprint density at radius 1 is 1.04 bits per heavy atom. The molecule has 2 N–H and O–H groups in total. The van der Waals surface area contributed by atoms with Gasteiger partial charge in [-0.05, 0) is 41.8 Å². The maximum Gasteiger partial charge on any atom is 0.258 e. The first-order valence-corrected chi connectivity index (χ1v) is 10.2. The lowest BCUT2D eigenvalue weighted by Crippen LogP contribution is -2.13. The molecule has 1 amide bonds. The summed E-state index contributed by atoms with van der Waals surface area (Å²) < 4.78 is 0. The Morgan fingerprint density at radius 2 is 1.82 bits per heavy atom. The van der Waals surface area contributed by atoms with Gasteiger partial charge < -0.3 is 10.6 Å². The van der Waals surface area contributed by atoms with Crippen LogP contribution in [0.1, 0.15) is 29.8 Å². The van der Waals surface area contributed by atoms with Crippen LogP contribution in [0.25, 0.3) is 0 Å². The lowest BCUT2D eigenvalue weighted by molar-refractivity contribution is 0.102. The Balaban J connectivity index is 1.71. The van der Waals surface area contributed by atoms with Crippen LogP contribution in [0.2, 0.25) is 0 Å². The molecule has 0 aliphatic heterocycles. The van der Waals surface area contributed by atoms with Gasteiger partial charge >= 0.3 is 0 Å². The summed E-state index contributed by atoms with van der Waals surface area (Å²) in [5, 5.41) is 7.11. The van der Waals surface area contributed by atoms with E-state index in [1.54, 1.807) is 54.6 Å². The summed E-state index contributed by atoms with van der Waals surface area (Å²) >= 11 is 1.56. The molecule has 1 aromatic carbocycles. The standard InChI is InChI=1S/C22H24N4OS/c1-16(2)14-25-20-8-4-3-6-17(20)15-28-22-19(7-5-11-24-22)21(27)26-18-9-12-23-13-10-18/h3-13,16,25H,14-15H2,1-2H3,(H,23,26,27). The highest BCUT2D eigenvalue weighted by molar-refractivity contribution is 7.98. The lowest BCUT2D eigenvalue weighted by atomic mass is 10.1. The number of aromatic nitrogens is 2. The molecule has 0 radical (unpaired) electrons. The van der Waals surface area contributed by atoms with Crippen LogP contribution in [0.3, 0.4) is 0 Å². The minimum Gasteiger partial charge on any atom is -0.385 e. The van der Waals surface area contributed by atoms with Gasteiger partial charge in [-0.25, -0.2) is 4.98 Å². The molecule has 2 heterocycles. The normalized spacial score (nSPS) is 10.7. The number of carbonyl (C=O) groups is 1. The van der Waals surface area contributed by atoms with Crippen molar-refractivity contribution < 1.29 is 4.79 Å². The zero-order valence-electron chi connectivity index (χ0n) is 16.1. The molecule has 0 saturated heterocycles. The van der Waals surface area contributed by atoms with E-state index in [4.69, 9.17) is 0 Å². The highest BCUT2D eigenvalue weighted by atomic mass is 32.2. The van der Waals surface area contributed by atoms with Crippen molar-refractivity contribution in [3.63, 3.8) is 0 Å². The first-order valence-electron chi connectivity index (χ1n) is 9.24. The van der Waals surface area contributed by atoms with E-state index in [0.717, 1.165) is 18.0 Å². The summed E-state index contributed by atoms with van der Waals surface area (Å²) in [6.07, 6.45) is 5.01. The van der Waals surface area contributed by atoms with Gasteiger partial charge in [-0.15, -0.1) is 11.8 Å². The van der Waals surface area contributed by atoms with Gasteiger partial charge in [0.1, 0.15) is 5.03 Å². The average Bonchev–Trinajstić information content (AvgIpc) is 2.72. The number of hydrogen-bond donors (Lipinski definition) is 2. The van der Waals surface area contributed by atoms with E-state index in [-0.39, 0.29) is 5.91 Å². The van der Waals surface area contributed by atoms with Crippen molar-refractivity contribution in [3.05, 3.63) is 78.2 Å². The summed E-state index contributed by atoms with van der Waals surface area (Å²) in [6, 6.07) is 15.4. The summed E-state index contributed by atoms with van der Waals surface area (Å²) in [4.78, 5) is 21.1. The van der Waals surface area contributed by atoms with Crippen molar-refractivity contribution in [2.75, 3.05) is 17.2 Å². The highest BCUT2D eigenvalue weighted by Gasteiger charge is 2.14. The molecule has 28 heavy (non-hydrogen) atoms. The fourth-order valence-electron chi connectivity index (χ4n) is 2.59. The zero-order chi connectivity index (χ0) is 19.8. The van der Waals surface area contributed by atoms with Crippen LogP contribution in [0.4, 0.5) is 11.4 Å². The molecule has 0 atom stereocenters. The number of para-hydroxylation sites is 1. The number of thioether (sulfide) groups is 1. The molecule has 0 spiro atoms. The van der Waals surface area contributed by atoms with Gasteiger partial charge in [0, 0.05) is 42.3 Å². The van der Waals surface area contributed by atoms with Crippen molar-refractivity contribution in [2.45, 2.75) is 24.6 Å². The minimum absolute atomic E-state index is 0.173. The lowest BCUT2D eigenvalue weighted by Gasteiger charge is -2.14. The van der Waals surface area contributed by atoms with E-state index in [0.29, 0.717) is 22.2 Å². The molecule has 2 aromatic heterocycles. The van der Waals surface area contributed by atoms with Crippen LogP contribution < -0.4 is 10.6 Å². The van der Waals surface area contributed by atoms with Crippen molar-refractivity contribution >= 4 is 29.0 Å². The van der Waals surface area contributed by atoms with Crippen LogP contribution in [-0.2, 0) is 5.75 Å². The molecular formula is C22H24N4OS. The summed E-state index contributed by atoms with van der Waals surface area (Å²) in [6.45, 7) is 5.29. The van der Waals surface area contributed by atoms with E-state index >= 15 is 0 Å². The summed E-state index contributed by atoms with van der Waals surface area (Å²) in [5.74, 6) is 1.13. The number of anilines is 2. The van der Waals surface area contributed by atoms with Gasteiger partial charge in [0.25, 0.3) is 5.91 Å². The number of pyridine rings is 2. The molecule has 0 fully saturated rings. The van der Waals surface area contributed by atoms with Crippen LogP contribution in [0, 0.1) is 5.92 Å². The van der Waals surface area contributed by atoms with E-state index in [2.05, 4.69) is 46.6 Å². The topological polar surface area (TPSA) is 66.9 Å². The van der Waals surface area contributed by atoms with Crippen LogP contribution in [-0.4, -0.2) is 22.4 Å². The van der Waals surface area contributed by atoms with Crippen LogP contribution >= 0.6 is 11.8 Å². The van der Waals surface area contributed by atoms with E-state index in [1.165, 1.54) is 5.56 Å². The third-order valence-electron chi connectivity index (χ3n) is 4.04. The Labute approximate surface area is 170 Å². The van der Waals surface area contributed by atoms with Gasteiger partial charge in [0.2, 0.25) is 0 Å². The molecule has 0 unspecified atom stereocenters. The molecule has 0 aliphatic carbocycles. The Hall–Kier alpha value is -2.86. The summed E-state index contributed by atoms with van der Waals surface area (Å²) in [7, 11) is 0. The molecule has 3 aromatic rings. The maximum absolute atomic E-state index is 12.7. The van der Waals surface area contributed by atoms with Gasteiger partial charge in [-0.3, -0.25) is 9.78 Å². The molecule has 6 heteroatoms. The van der Waals surface area contributed by atoms with E-state index < -0.39 is 0 Å². The van der Waals surface area contributed by atoms with Gasteiger partial charge in [0.05, 0.1) is 5.56 Å². The molecule has 5 nitrogen and oxygen atoms in total. The predicted molar refractivity (Wildman–Crippen MR) is 116 cm³/mol. The number of amides is 1. The molecule has 0 bridgehead atoms. The Kier molecular flexibility index (Phi) is 7.03. The number of benzene rings is 1. The second-order valence-corrected chi connectivity index (χ2v) is 7.73. The maximum atomic E-state index is 12.7. The van der Waals surface area contributed by atoms with Crippen LogP contribution in [0.5, 0.6) is 0 Å². The molecule has 0 aliphatic rings. The first kappa shape index (κ1) is 19.9. The van der Waals surface area contributed by atoms with Crippen molar-refractivity contribution in [1.82, 2.24) is 9.97 Å². The molecular weight excluding hydrogens is 368 g/mol. The number of rotatable bonds is 8. The van der Waals surface area contributed by atoms with Gasteiger partial charge in [-0.1, -0.05) is 32.0 Å². The van der Waals surface area contributed by atoms with Crippen LogP contribution in [0.15, 0.2) is 72.1 Å². The van der Waals surface area contributed by atoms with Crippen molar-refractivity contribution in [2.24, 2.45) is 5.92 Å². The fourth-order valence-corrected chi connectivity index (χ4v) is 3.59. The average molecular weight is 393 g/mol. The Bertz CT molecular complexity index is 915. The molecule has 144 valence electrons. The third-order valence-corrected chi connectivity index (χ3v) is 5.09. The quantitative estimate of drug-likeness (QED) is 0.523. The highest BCUT2D eigenvalue weighted by Crippen LogP contribution is 2.28.